The molecule has 0 unspecified atom stereocenters. The smallest absolute Gasteiger partial charge is 0.337 e. The van der Waals surface area contributed by atoms with Gasteiger partial charge in [0.15, 0.2) is 11.5 Å². The van der Waals surface area contributed by atoms with E-state index in [-0.39, 0.29) is 16.8 Å². The van der Waals surface area contributed by atoms with Gasteiger partial charge in [-0.25, -0.2) is 4.79 Å². The molecule has 3 aromatic rings. The number of nitriles is 1. The van der Waals surface area contributed by atoms with E-state index in [0.29, 0.717) is 35.3 Å². The predicted octanol–water partition coefficient (Wildman–Crippen LogP) is 5.56. The quantitative estimate of drug-likeness (QED) is 0.309. The molecule has 0 spiro atoms. The van der Waals surface area contributed by atoms with Crippen molar-refractivity contribution in [1.82, 2.24) is 0 Å². The lowest BCUT2D eigenvalue weighted by Gasteiger charge is -2.13. The molecule has 0 bridgehead atoms. The van der Waals surface area contributed by atoms with Crippen molar-refractivity contribution in [3.05, 3.63) is 94.0 Å². The Hall–Kier alpha value is -4.28. The Labute approximate surface area is 201 Å². The summed E-state index contributed by atoms with van der Waals surface area (Å²) in [7, 11) is 0. The fourth-order valence-corrected chi connectivity index (χ4v) is 3.15. The first-order chi connectivity index (χ1) is 16.4. The average Bonchev–Trinajstić information content (AvgIpc) is 2.83. The number of ether oxygens (including phenoxy) is 2. The summed E-state index contributed by atoms with van der Waals surface area (Å²) >= 11 is 5.91. The van der Waals surface area contributed by atoms with Gasteiger partial charge in [-0.05, 0) is 60.5 Å². The lowest BCUT2D eigenvalue weighted by Crippen LogP contribution is -2.16. The van der Waals surface area contributed by atoms with Crippen LogP contribution in [0.1, 0.15) is 28.4 Å². The third kappa shape index (κ3) is 6.37. The number of amides is 1. The molecule has 0 saturated heterocycles. The zero-order valence-corrected chi connectivity index (χ0v) is 19.0. The van der Waals surface area contributed by atoms with Crippen molar-refractivity contribution in [2.45, 2.75) is 13.5 Å². The Morgan fingerprint density at radius 1 is 1.06 bits per heavy atom. The highest BCUT2D eigenvalue weighted by Gasteiger charge is 2.15. The lowest BCUT2D eigenvalue weighted by molar-refractivity contribution is -0.112. The van der Waals surface area contributed by atoms with E-state index in [4.69, 9.17) is 21.1 Å². The number of carboxylic acids is 1. The fraction of sp³-hybridized carbons (Fsp3) is 0.115. The standard InChI is InChI=1S/C26H21ClN2O5/c1-2-33-24-14-18(9-12-23(24)34-16-17-7-10-20(27)11-8-17)13-19(15-28)25(30)29-22-6-4-3-5-21(22)26(31)32/h3-14H,2,16H2,1H3,(H,29,30)(H,31,32)/b19-13+. The summed E-state index contributed by atoms with van der Waals surface area (Å²) in [5.41, 5.74) is 1.30. The van der Waals surface area contributed by atoms with Gasteiger partial charge < -0.3 is 19.9 Å². The molecule has 0 heterocycles. The van der Waals surface area contributed by atoms with Crippen molar-refractivity contribution in [3.63, 3.8) is 0 Å². The van der Waals surface area contributed by atoms with Gasteiger partial charge in [-0.2, -0.15) is 5.26 Å². The van der Waals surface area contributed by atoms with Gasteiger partial charge in [-0.3, -0.25) is 4.79 Å². The highest BCUT2D eigenvalue weighted by molar-refractivity contribution is 6.30. The number of rotatable bonds is 9. The van der Waals surface area contributed by atoms with Gasteiger partial charge in [0.2, 0.25) is 0 Å². The summed E-state index contributed by atoms with van der Waals surface area (Å²) in [4.78, 5) is 24.0. The van der Waals surface area contributed by atoms with Crippen LogP contribution in [0.5, 0.6) is 11.5 Å². The topological polar surface area (TPSA) is 109 Å². The summed E-state index contributed by atoms with van der Waals surface area (Å²) in [6, 6.07) is 20.1. The van der Waals surface area contributed by atoms with Crippen molar-refractivity contribution in [3.8, 4) is 17.6 Å². The number of aromatic carboxylic acids is 1. The van der Waals surface area contributed by atoms with Crippen LogP contribution >= 0.6 is 11.6 Å². The van der Waals surface area contributed by atoms with Crippen LogP contribution in [0.2, 0.25) is 5.02 Å². The Kier molecular flexibility index (Phi) is 8.27. The number of carboxylic acid groups (broad SMARTS) is 1. The number of nitrogens with one attached hydrogen (secondary N) is 1. The molecule has 8 heteroatoms. The normalized spacial score (nSPS) is 10.8. The zero-order chi connectivity index (χ0) is 24.5. The Balaban J connectivity index is 1.80. The number of carbonyl (C=O) groups is 2. The number of para-hydroxylation sites is 1. The second-order valence-electron chi connectivity index (χ2n) is 7.03. The summed E-state index contributed by atoms with van der Waals surface area (Å²) in [5.74, 6) is -0.947. The van der Waals surface area contributed by atoms with E-state index in [9.17, 15) is 20.0 Å². The summed E-state index contributed by atoms with van der Waals surface area (Å²) < 4.78 is 11.5. The van der Waals surface area contributed by atoms with Gasteiger partial charge in [0.1, 0.15) is 18.2 Å². The minimum atomic E-state index is -1.19. The molecule has 0 radical (unpaired) electrons. The number of benzene rings is 3. The Morgan fingerprint density at radius 3 is 2.47 bits per heavy atom. The molecule has 1 amide bonds. The first-order valence-electron chi connectivity index (χ1n) is 10.3. The molecule has 0 aromatic heterocycles. The molecule has 172 valence electrons. The summed E-state index contributed by atoms with van der Waals surface area (Å²) in [5, 5.41) is 21.9. The van der Waals surface area contributed by atoms with Gasteiger partial charge in [-0.1, -0.05) is 41.9 Å². The first-order valence-corrected chi connectivity index (χ1v) is 10.7. The summed E-state index contributed by atoms with van der Waals surface area (Å²) in [6.45, 7) is 2.53. The van der Waals surface area contributed by atoms with Gasteiger partial charge >= 0.3 is 5.97 Å². The van der Waals surface area contributed by atoms with Gasteiger partial charge in [0.25, 0.3) is 5.91 Å². The highest BCUT2D eigenvalue weighted by Crippen LogP contribution is 2.30. The maximum Gasteiger partial charge on any atom is 0.337 e. The number of halogens is 1. The van der Waals surface area contributed by atoms with E-state index < -0.39 is 11.9 Å². The average molecular weight is 477 g/mol. The van der Waals surface area contributed by atoms with Crippen LogP contribution < -0.4 is 14.8 Å². The number of nitrogens with zero attached hydrogens (tertiary/aromatic N) is 1. The molecule has 2 N–H and O–H groups in total. The molecule has 7 nitrogen and oxygen atoms in total. The monoisotopic (exact) mass is 476 g/mol. The second kappa shape index (κ2) is 11.5. The lowest BCUT2D eigenvalue weighted by atomic mass is 10.1. The zero-order valence-electron chi connectivity index (χ0n) is 18.2. The van der Waals surface area contributed by atoms with Crippen LogP contribution in [0, 0.1) is 11.3 Å². The van der Waals surface area contributed by atoms with E-state index in [0.717, 1.165) is 5.56 Å². The number of anilines is 1. The fourth-order valence-electron chi connectivity index (χ4n) is 3.03. The van der Waals surface area contributed by atoms with Crippen LogP contribution in [0.25, 0.3) is 6.08 Å². The summed E-state index contributed by atoms with van der Waals surface area (Å²) in [6.07, 6.45) is 1.39. The van der Waals surface area contributed by atoms with Crippen molar-refractivity contribution in [2.75, 3.05) is 11.9 Å². The van der Waals surface area contributed by atoms with Crippen LogP contribution in [0.4, 0.5) is 5.69 Å². The van der Waals surface area contributed by atoms with Crippen LogP contribution in [0.3, 0.4) is 0 Å². The maximum atomic E-state index is 12.6. The van der Waals surface area contributed by atoms with E-state index in [1.807, 2.05) is 25.1 Å². The third-order valence-electron chi connectivity index (χ3n) is 4.66. The van der Waals surface area contributed by atoms with E-state index in [1.54, 1.807) is 42.5 Å². The molecule has 3 rings (SSSR count). The molecular formula is C26H21ClN2O5. The van der Waals surface area contributed by atoms with Crippen molar-refractivity contribution in [2.24, 2.45) is 0 Å². The molecule has 0 saturated carbocycles. The van der Waals surface area contributed by atoms with Crippen molar-refractivity contribution in [1.29, 1.82) is 5.26 Å². The molecule has 0 fully saturated rings. The van der Waals surface area contributed by atoms with Gasteiger partial charge in [0, 0.05) is 5.02 Å². The number of hydrogen-bond acceptors (Lipinski definition) is 5. The third-order valence-corrected chi connectivity index (χ3v) is 4.91. The number of hydrogen-bond donors (Lipinski definition) is 2. The molecule has 34 heavy (non-hydrogen) atoms. The highest BCUT2D eigenvalue weighted by atomic mass is 35.5. The molecule has 0 aliphatic carbocycles. The van der Waals surface area contributed by atoms with E-state index >= 15 is 0 Å². The van der Waals surface area contributed by atoms with Crippen molar-refractivity contribution >= 4 is 35.2 Å². The minimum Gasteiger partial charge on any atom is -0.490 e. The Morgan fingerprint density at radius 2 is 1.79 bits per heavy atom. The van der Waals surface area contributed by atoms with Crippen molar-refractivity contribution < 1.29 is 24.2 Å². The maximum absolute atomic E-state index is 12.6. The largest absolute Gasteiger partial charge is 0.490 e. The van der Waals surface area contributed by atoms with E-state index in [2.05, 4.69) is 5.32 Å². The molecule has 0 atom stereocenters. The van der Waals surface area contributed by atoms with Crippen LogP contribution in [-0.2, 0) is 11.4 Å². The first kappa shape index (κ1) is 24.4. The predicted molar refractivity (Wildman–Crippen MR) is 129 cm³/mol. The molecule has 0 aliphatic rings. The second-order valence-corrected chi connectivity index (χ2v) is 7.47. The molecule has 3 aromatic carbocycles. The SMILES string of the molecule is CCOc1cc(/C=C(\C#N)C(=O)Nc2ccccc2C(=O)O)ccc1OCc1ccc(Cl)cc1. The minimum absolute atomic E-state index is 0.0750. The van der Waals surface area contributed by atoms with Gasteiger partial charge in [0.05, 0.1) is 17.9 Å². The van der Waals surface area contributed by atoms with Crippen LogP contribution in [0.15, 0.2) is 72.3 Å². The molecule has 0 aliphatic heterocycles. The molecular weight excluding hydrogens is 456 g/mol. The van der Waals surface area contributed by atoms with E-state index in [1.165, 1.54) is 18.2 Å². The van der Waals surface area contributed by atoms with Crippen LogP contribution in [-0.4, -0.2) is 23.6 Å². The van der Waals surface area contributed by atoms with Gasteiger partial charge in [-0.15, -0.1) is 0 Å². The number of carbonyl (C=O) groups excluding carboxylic acids is 1. The Bertz CT molecular complexity index is 1260.